The van der Waals surface area contributed by atoms with Crippen molar-refractivity contribution in [3.63, 3.8) is 0 Å². The van der Waals surface area contributed by atoms with Crippen molar-refractivity contribution in [1.29, 1.82) is 0 Å². The molecule has 7 heteroatoms. The normalized spacial score (nSPS) is 20.5. The van der Waals surface area contributed by atoms with E-state index in [0.717, 1.165) is 12.8 Å². The second-order valence-electron chi connectivity index (χ2n) is 8.93. The molecule has 150 valence electrons. The van der Waals surface area contributed by atoms with Crippen LogP contribution < -0.4 is 0 Å². The fourth-order valence-electron chi connectivity index (χ4n) is 3.79. The molecule has 0 spiro atoms. The number of nitrogens with zero attached hydrogens (tertiary/aromatic N) is 2. The maximum Gasteiger partial charge on any atom is 0.223 e. The summed E-state index contributed by atoms with van der Waals surface area (Å²) in [7, 11) is -3.33. The summed E-state index contributed by atoms with van der Waals surface area (Å²) >= 11 is 5.94. The Labute approximate surface area is 167 Å². The average Bonchev–Trinajstić information content (AvgIpc) is 2.52. The summed E-state index contributed by atoms with van der Waals surface area (Å²) in [6.45, 7) is 7.80. The molecule has 1 aromatic rings. The number of halogens is 1. The minimum Gasteiger partial charge on any atom is -0.340 e. The molecule has 0 atom stereocenters. The molecule has 0 saturated carbocycles. The van der Waals surface area contributed by atoms with Crippen molar-refractivity contribution in [2.24, 2.45) is 5.41 Å². The molecule has 2 saturated heterocycles. The molecule has 0 aromatic heterocycles. The number of hydrogen-bond acceptors (Lipinski definition) is 3. The van der Waals surface area contributed by atoms with Gasteiger partial charge in [0.15, 0.2) is 0 Å². The molecular weight excluding hydrogens is 384 g/mol. The van der Waals surface area contributed by atoms with Crippen LogP contribution in [0.3, 0.4) is 0 Å². The van der Waals surface area contributed by atoms with Crippen molar-refractivity contribution in [2.45, 2.75) is 51.2 Å². The zero-order valence-corrected chi connectivity index (χ0v) is 17.9. The van der Waals surface area contributed by atoms with E-state index in [1.165, 1.54) is 5.56 Å². The monoisotopic (exact) mass is 412 g/mol. The average molecular weight is 413 g/mol. The summed E-state index contributed by atoms with van der Waals surface area (Å²) in [6, 6.07) is 7.83. The molecule has 0 aliphatic carbocycles. The van der Waals surface area contributed by atoms with E-state index in [1.54, 1.807) is 9.21 Å². The van der Waals surface area contributed by atoms with E-state index < -0.39 is 15.3 Å². The summed E-state index contributed by atoms with van der Waals surface area (Å²) in [4.78, 5) is 13.9. The standard InChI is InChI=1S/C20H29ClN2O3S/c1-20(2,3)12-19(24)22-13-18(14-22)27(25,26)23-10-8-16(9-11-23)15-4-6-17(21)7-5-15/h4-7,16,18H,8-14H2,1-3H3. The van der Waals surface area contributed by atoms with Crippen LogP contribution in [0.25, 0.3) is 0 Å². The molecular formula is C20H29ClN2O3S. The highest BCUT2D eigenvalue weighted by Gasteiger charge is 2.43. The van der Waals surface area contributed by atoms with Crippen LogP contribution in [0.1, 0.15) is 51.5 Å². The van der Waals surface area contributed by atoms with Gasteiger partial charge < -0.3 is 4.90 Å². The molecule has 0 bridgehead atoms. The lowest BCUT2D eigenvalue weighted by Gasteiger charge is -2.43. The molecule has 0 unspecified atom stereocenters. The third-order valence-corrected chi connectivity index (χ3v) is 7.94. The molecule has 2 aliphatic rings. The molecule has 27 heavy (non-hydrogen) atoms. The summed E-state index contributed by atoms with van der Waals surface area (Å²) in [5.74, 6) is 0.426. The number of likely N-dealkylation sites (tertiary alicyclic amines) is 1. The van der Waals surface area contributed by atoms with Gasteiger partial charge in [-0.3, -0.25) is 4.79 Å². The van der Waals surface area contributed by atoms with Gasteiger partial charge in [0.1, 0.15) is 5.25 Å². The van der Waals surface area contributed by atoms with Gasteiger partial charge in [-0.25, -0.2) is 12.7 Å². The van der Waals surface area contributed by atoms with E-state index >= 15 is 0 Å². The number of carbonyl (C=O) groups excluding carboxylic acids is 1. The van der Waals surface area contributed by atoms with Gasteiger partial charge in [0, 0.05) is 37.6 Å². The Balaban J connectivity index is 1.52. The number of amides is 1. The fraction of sp³-hybridized carbons (Fsp3) is 0.650. The maximum absolute atomic E-state index is 12.9. The third kappa shape index (κ3) is 4.84. The Kier molecular flexibility index (Phi) is 5.90. The number of piperidine rings is 1. The number of carbonyl (C=O) groups is 1. The van der Waals surface area contributed by atoms with Gasteiger partial charge in [-0.1, -0.05) is 44.5 Å². The maximum atomic E-state index is 12.9. The zero-order chi connectivity index (χ0) is 19.8. The van der Waals surface area contributed by atoms with Crippen molar-refractivity contribution in [1.82, 2.24) is 9.21 Å². The topological polar surface area (TPSA) is 57.7 Å². The van der Waals surface area contributed by atoms with Gasteiger partial charge in [0.25, 0.3) is 0 Å². The number of rotatable bonds is 4. The van der Waals surface area contributed by atoms with Crippen LogP contribution in [-0.2, 0) is 14.8 Å². The fourth-order valence-corrected chi connectivity index (χ4v) is 5.79. The van der Waals surface area contributed by atoms with Crippen molar-refractivity contribution in [2.75, 3.05) is 26.2 Å². The van der Waals surface area contributed by atoms with E-state index in [1.807, 2.05) is 45.0 Å². The Morgan fingerprint density at radius 2 is 1.67 bits per heavy atom. The highest BCUT2D eigenvalue weighted by atomic mass is 35.5. The van der Waals surface area contributed by atoms with E-state index in [0.29, 0.717) is 43.5 Å². The van der Waals surface area contributed by atoms with Crippen LogP contribution in [0, 0.1) is 5.41 Å². The second kappa shape index (κ2) is 7.72. The van der Waals surface area contributed by atoms with E-state index in [2.05, 4.69) is 0 Å². The van der Waals surface area contributed by atoms with Gasteiger partial charge in [-0.15, -0.1) is 0 Å². The number of sulfonamides is 1. The minimum absolute atomic E-state index is 0.0513. The zero-order valence-electron chi connectivity index (χ0n) is 16.3. The van der Waals surface area contributed by atoms with Crippen LogP contribution in [0.5, 0.6) is 0 Å². The first-order chi connectivity index (χ1) is 12.6. The Morgan fingerprint density at radius 3 is 2.19 bits per heavy atom. The summed E-state index contributed by atoms with van der Waals surface area (Å²) in [5, 5.41) is 0.266. The Bertz CT molecular complexity index is 772. The van der Waals surface area contributed by atoms with Crippen molar-refractivity contribution in [3.05, 3.63) is 34.9 Å². The van der Waals surface area contributed by atoms with Crippen molar-refractivity contribution >= 4 is 27.5 Å². The second-order valence-corrected chi connectivity index (χ2v) is 11.6. The van der Waals surface area contributed by atoms with Crippen LogP contribution >= 0.6 is 11.6 Å². The Morgan fingerprint density at radius 1 is 1.11 bits per heavy atom. The van der Waals surface area contributed by atoms with E-state index in [4.69, 9.17) is 11.6 Å². The molecule has 1 aromatic carbocycles. The van der Waals surface area contributed by atoms with Gasteiger partial charge in [0.05, 0.1) is 0 Å². The first kappa shape index (κ1) is 20.6. The lowest BCUT2D eigenvalue weighted by molar-refractivity contribution is -0.136. The highest BCUT2D eigenvalue weighted by molar-refractivity contribution is 7.89. The number of benzene rings is 1. The third-order valence-electron chi connectivity index (χ3n) is 5.46. The molecule has 0 radical (unpaired) electrons. The van der Waals surface area contributed by atoms with Gasteiger partial charge >= 0.3 is 0 Å². The van der Waals surface area contributed by atoms with Gasteiger partial charge in [0.2, 0.25) is 15.9 Å². The smallest absolute Gasteiger partial charge is 0.223 e. The van der Waals surface area contributed by atoms with Gasteiger partial charge in [-0.2, -0.15) is 0 Å². The largest absolute Gasteiger partial charge is 0.340 e. The lowest BCUT2D eigenvalue weighted by Crippen LogP contribution is -2.60. The van der Waals surface area contributed by atoms with Crippen LogP contribution in [0.15, 0.2) is 24.3 Å². The first-order valence-electron chi connectivity index (χ1n) is 9.58. The molecule has 0 N–H and O–H groups in total. The predicted molar refractivity (Wildman–Crippen MR) is 108 cm³/mol. The quantitative estimate of drug-likeness (QED) is 0.760. The van der Waals surface area contributed by atoms with Crippen LogP contribution in [0.4, 0.5) is 0 Å². The van der Waals surface area contributed by atoms with E-state index in [9.17, 15) is 13.2 Å². The number of hydrogen-bond donors (Lipinski definition) is 0. The molecule has 1 amide bonds. The van der Waals surface area contributed by atoms with Crippen molar-refractivity contribution in [3.8, 4) is 0 Å². The molecule has 5 nitrogen and oxygen atoms in total. The minimum atomic E-state index is -3.33. The highest BCUT2D eigenvalue weighted by Crippen LogP contribution is 2.32. The molecule has 2 fully saturated rings. The van der Waals surface area contributed by atoms with E-state index in [-0.39, 0.29) is 11.3 Å². The molecule has 3 rings (SSSR count). The predicted octanol–water partition coefficient (Wildman–Crippen LogP) is 3.50. The summed E-state index contributed by atoms with van der Waals surface area (Å²) in [5.41, 5.74) is 1.14. The molecule has 2 heterocycles. The van der Waals surface area contributed by atoms with Crippen LogP contribution in [-0.4, -0.2) is 55.0 Å². The Hall–Kier alpha value is -1.11. The molecule has 2 aliphatic heterocycles. The summed E-state index contributed by atoms with van der Waals surface area (Å²) in [6.07, 6.45) is 2.09. The van der Waals surface area contributed by atoms with Gasteiger partial charge in [-0.05, 0) is 41.9 Å². The van der Waals surface area contributed by atoms with Crippen molar-refractivity contribution < 1.29 is 13.2 Å². The van der Waals surface area contributed by atoms with Crippen LogP contribution in [0.2, 0.25) is 5.02 Å². The lowest BCUT2D eigenvalue weighted by atomic mass is 9.90. The SMILES string of the molecule is CC(C)(C)CC(=O)N1CC(S(=O)(=O)N2CCC(c3ccc(Cl)cc3)CC2)C1. The summed E-state index contributed by atoms with van der Waals surface area (Å²) < 4.78 is 27.4. The first-order valence-corrected chi connectivity index (χ1v) is 11.5.